The van der Waals surface area contributed by atoms with E-state index >= 15 is 0 Å². The third-order valence-corrected chi connectivity index (χ3v) is 7.34. The second-order valence-corrected chi connectivity index (χ2v) is 9.84. The molecule has 3 aromatic carbocycles. The number of halogens is 1. The normalized spacial score (nSPS) is 20.3. The van der Waals surface area contributed by atoms with Crippen molar-refractivity contribution in [3.8, 4) is 0 Å². The van der Waals surface area contributed by atoms with Crippen molar-refractivity contribution in [2.45, 2.75) is 31.8 Å². The van der Waals surface area contributed by atoms with Gasteiger partial charge in [-0.3, -0.25) is 15.0 Å². The molecule has 2 unspecified atom stereocenters. The predicted octanol–water partition coefficient (Wildman–Crippen LogP) is 3.38. The van der Waals surface area contributed by atoms with Crippen molar-refractivity contribution in [1.29, 1.82) is 5.41 Å². The zero-order valence-electron chi connectivity index (χ0n) is 20.7. The van der Waals surface area contributed by atoms with Crippen molar-refractivity contribution >= 4 is 34.7 Å². The molecule has 6 N–H and O–H groups in total. The summed E-state index contributed by atoms with van der Waals surface area (Å²) in [4.78, 5) is 27.0. The molecule has 10 heteroatoms. The van der Waals surface area contributed by atoms with E-state index in [9.17, 15) is 19.2 Å². The molecule has 2 amide bonds. The van der Waals surface area contributed by atoms with Crippen LogP contribution in [-0.4, -0.2) is 36.8 Å². The van der Waals surface area contributed by atoms with E-state index in [-0.39, 0.29) is 24.5 Å². The number of amides is 2. The number of quaternary nitrogens is 1. The Labute approximate surface area is 219 Å². The lowest BCUT2D eigenvalue weighted by atomic mass is 10.1. The molecule has 38 heavy (non-hydrogen) atoms. The number of nitrogens with zero attached hydrogens (tertiary/aromatic N) is 2. The van der Waals surface area contributed by atoms with E-state index in [0.29, 0.717) is 33.6 Å². The Morgan fingerprint density at radius 3 is 2.34 bits per heavy atom. The van der Waals surface area contributed by atoms with Crippen molar-refractivity contribution in [3.05, 3.63) is 93.9 Å². The molecule has 0 radical (unpaired) electrons. The quantitative estimate of drug-likeness (QED) is 0.164. The Balaban J connectivity index is 1.45. The summed E-state index contributed by atoms with van der Waals surface area (Å²) in [5.74, 6) is -1.74. The maximum Gasteiger partial charge on any atom is 0.283 e. The first-order valence-corrected chi connectivity index (χ1v) is 12.5. The second-order valence-electron chi connectivity index (χ2n) is 9.84. The summed E-state index contributed by atoms with van der Waals surface area (Å²) in [5, 5.41) is 25.1. The average Bonchev–Trinajstić information content (AvgIpc) is 3.51. The maximum atomic E-state index is 14.9. The standard InChI is InChI=1S/C28H29FN6O3/c29-22-15-21(9-10-23(22)34-11-1-2-12-34)33-28(37)25-13-19-7-8-20(26(30)31)14-24(19)35(25,38)16-17-3-5-18(6-4-17)27(32)36/h3-10,14-15,25H,1-2,11-13,16H2,(H3,30,31)(H2,32,36)(H,33,37). The summed E-state index contributed by atoms with van der Waals surface area (Å²) in [6.07, 6.45) is 2.19. The third-order valence-electron chi connectivity index (χ3n) is 7.34. The van der Waals surface area contributed by atoms with Crippen LogP contribution in [-0.2, 0) is 17.8 Å². The van der Waals surface area contributed by atoms with Crippen LogP contribution in [0.2, 0.25) is 0 Å². The maximum absolute atomic E-state index is 14.9. The largest absolute Gasteiger partial charge is 0.627 e. The first-order chi connectivity index (χ1) is 18.2. The Morgan fingerprint density at radius 1 is 1.03 bits per heavy atom. The molecule has 3 aromatic rings. The summed E-state index contributed by atoms with van der Waals surface area (Å²) in [6.45, 7) is 1.48. The first kappa shape index (κ1) is 25.4. The lowest BCUT2D eigenvalue weighted by Crippen LogP contribution is -2.54. The number of nitrogen functional groups attached to an aromatic ring is 1. The molecule has 0 saturated carbocycles. The molecule has 2 aliphatic rings. The minimum Gasteiger partial charge on any atom is -0.627 e. The Bertz CT molecular complexity index is 1420. The van der Waals surface area contributed by atoms with Gasteiger partial charge < -0.3 is 31.5 Å². The fourth-order valence-electron chi connectivity index (χ4n) is 5.33. The number of amidine groups is 1. The van der Waals surface area contributed by atoms with Gasteiger partial charge in [0.2, 0.25) is 5.91 Å². The van der Waals surface area contributed by atoms with Gasteiger partial charge in [-0.2, -0.15) is 0 Å². The number of anilines is 2. The SMILES string of the molecule is N=C(N)c1ccc2c(c1)[N+]([O-])(Cc1ccc(C(N)=O)cc1)C(C(=O)Nc1ccc(N3CCCC3)c(F)c1)C2. The van der Waals surface area contributed by atoms with Gasteiger partial charge in [0.15, 0.2) is 6.04 Å². The van der Waals surface area contributed by atoms with Crippen molar-refractivity contribution in [2.75, 3.05) is 23.3 Å². The molecule has 0 bridgehead atoms. The van der Waals surface area contributed by atoms with Crippen LogP contribution < -0.4 is 26.3 Å². The third kappa shape index (κ3) is 4.71. The van der Waals surface area contributed by atoms with Crippen LogP contribution in [0.1, 0.15) is 39.9 Å². The molecular formula is C28H29FN6O3. The highest BCUT2D eigenvalue weighted by Crippen LogP contribution is 2.41. The number of hydrogen-bond acceptors (Lipinski definition) is 5. The lowest BCUT2D eigenvalue weighted by Gasteiger charge is -2.43. The molecule has 196 valence electrons. The van der Waals surface area contributed by atoms with E-state index in [1.807, 2.05) is 4.90 Å². The summed E-state index contributed by atoms with van der Waals surface area (Å²) < 4.78 is 13.8. The van der Waals surface area contributed by atoms with Gasteiger partial charge in [-0.25, -0.2) is 4.39 Å². The molecule has 1 saturated heterocycles. The number of carbonyl (C=O) groups is 2. The number of nitrogens with two attached hydrogens (primary N) is 2. The molecule has 9 nitrogen and oxygen atoms in total. The Kier molecular flexibility index (Phi) is 6.60. The number of benzene rings is 3. The number of hydrogen-bond donors (Lipinski definition) is 4. The summed E-state index contributed by atoms with van der Waals surface area (Å²) in [6, 6.07) is 14.8. The lowest BCUT2D eigenvalue weighted by molar-refractivity contribution is -0.119. The van der Waals surface area contributed by atoms with Crippen molar-refractivity contribution in [3.63, 3.8) is 0 Å². The molecule has 2 aliphatic heterocycles. The van der Waals surface area contributed by atoms with Gasteiger partial charge in [0.25, 0.3) is 5.91 Å². The summed E-state index contributed by atoms with van der Waals surface area (Å²) in [7, 11) is 0. The van der Waals surface area contributed by atoms with Crippen LogP contribution in [0.4, 0.5) is 21.5 Å². The van der Waals surface area contributed by atoms with Crippen molar-refractivity contribution in [1.82, 2.24) is 4.65 Å². The van der Waals surface area contributed by atoms with E-state index in [0.717, 1.165) is 25.9 Å². The Morgan fingerprint density at radius 2 is 1.71 bits per heavy atom. The minimum absolute atomic E-state index is 0.103. The zero-order valence-corrected chi connectivity index (χ0v) is 20.7. The van der Waals surface area contributed by atoms with Crippen LogP contribution in [0.25, 0.3) is 0 Å². The van der Waals surface area contributed by atoms with E-state index in [4.69, 9.17) is 16.9 Å². The number of nitrogens with one attached hydrogen (secondary N) is 2. The summed E-state index contributed by atoms with van der Waals surface area (Å²) >= 11 is 0. The number of hydroxylamine groups is 2. The van der Waals surface area contributed by atoms with Gasteiger partial charge in [0, 0.05) is 53.5 Å². The minimum atomic E-state index is -1.07. The highest BCUT2D eigenvalue weighted by Gasteiger charge is 2.45. The number of primary amides is 1. The van der Waals surface area contributed by atoms with E-state index < -0.39 is 28.3 Å². The number of fused-ring (bicyclic) bond motifs is 1. The van der Waals surface area contributed by atoms with Gasteiger partial charge in [-0.05, 0) is 43.2 Å². The van der Waals surface area contributed by atoms with Gasteiger partial charge in [0.05, 0.1) is 5.69 Å². The van der Waals surface area contributed by atoms with Crippen molar-refractivity contribution < 1.29 is 14.0 Å². The van der Waals surface area contributed by atoms with Gasteiger partial charge in [0.1, 0.15) is 23.9 Å². The van der Waals surface area contributed by atoms with Gasteiger partial charge in [-0.15, -0.1) is 0 Å². The van der Waals surface area contributed by atoms with Crippen molar-refractivity contribution in [2.24, 2.45) is 11.5 Å². The predicted molar refractivity (Wildman–Crippen MR) is 145 cm³/mol. The van der Waals surface area contributed by atoms with Crippen LogP contribution in [0.15, 0.2) is 60.7 Å². The molecule has 2 atom stereocenters. The van der Waals surface area contributed by atoms with Crippen LogP contribution in [0.5, 0.6) is 0 Å². The van der Waals surface area contributed by atoms with Gasteiger partial charge in [-0.1, -0.05) is 24.3 Å². The first-order valence-electron chi connectivity index (χ1n) is 12.5. The molecular weight excluding hydrogens is 487 g/mol. The highest BCUT2D eigenvalue weighted by molar-refractivity contribution is 5.99. The second kappa shape index (κ2) is 9.88. The topological polar surface area (TPSA) is 148 Å². The highest BCUT2D eigenvalue weighted by atomic mass is 19.1. The molecule has 2 heterocycles. The van der Waals surface area contributed by atoms with Crippen LogP contribution >= 0.6 is 0 Å². The van der Waals surface area contributed by atoms with Crippen LogP contribution in [0.3, 0.4) is 0 Å². The smallest absolute Gasteiger partial charge is 0.283 e. The molecule has 5 rings (SSSR count). The fraction of sp³-hybridized carbons (Fsp3) is 0.250. The monoisotopic (exact) mass is 516 g/mol. The van der Waals surface area contributed by atoms with E-state index in [2.05, 4.69) is 5.32 Å². The van der Waals surface area contributed by atoms with Gasteiger partial charge >= 0.3 is 0 Å². The van der Waals surface area contributed by atoms with E-state index in [1.165, 1.54) is 18.2 Å². The molecule has 0 aromatic heterocycles. The molecule has 1 fully saturated rings. The Hall–Kier alpha value is -4.28. The zero-order chi connectivity index (χ0) is 27.0. The molecule has 0 aliphatic carbocycles. The summed E-state index contributed by atoms with van der Waals surface area (Å²) in [5.41, 5.74) is 14.1. The number of carbonyl (C=O) groups excluding carboxylic acids is 2. The fourth-order valence-corrected chi connectivity index (χ4v) is 5.33. The average molecular weight is 517 g/mol. The number of rotatable bonds is 7. The molecule has 0 spiro atoms. The van der Waals surface area contributed by atoms with Crippen LogP contribution in [0, 0.1) is 16.4 Å². The van der Waals surface area contributed by atoms with E-state index in [1.54, 1.807) is 42.5 Å².